The molecule has 0 radical (unpaired) electrons. The molecule has 4 fully saturated rings. The van der Waals surface area contributed by atoms with Crippen molar-refractivity contribution in [1.82, 2.24) is 26.2 Å². The average molecular weight is 640 g/mol. The fourth-order valence-electron chi connectivity index (χ4n) is 5.30. The van der Waals surface area contributed by atoms with Crippen LogP contribution in [0.4, 0.5) is 4.79 Å². The summed E-state index contributed by atoms with van der Waals surface area (Å²) in [5.41, 5.74) is 0. The topological polar surface area (TPSA) is 154 Å². The molecule has 5 amide bonds. The minimum Gasteiger partial charge on any atom is -0.347 e. The van der Waals surface area contributed by atoms with E-state index in [0.29, 0.717) is 19.4 Å². The summed E-state index contributed by atoms with van der Waals surface area (Å²) in [5, 5.41) is 10.9. The number of carbonyl (C=O) groups is 5. The van der Waals surface area contributed by atoms with E-state index in [-0.39, 0.29) is 29.9 Å². The Kier molecular flexibility index (Phi) is 16.2. The molecule has 2 heterocycles. The Bertz CT molecular complexity index is 1060. The van der Waals surface area contributed by atoms with Gasteiger partial charge in [-0.1, -0.05) is 59.8 Å². The molecular weight excluding hydrogens is 582 g/mol. The maximum absolute atomic E-state index is 13.3. The van der Waals surface area contributed by atoms with E-state index in [4.69, 9.17) is 0 Å². The van der Waals surface area contributed by atoms with Gasteiger partial charge < -0.3 is 26.2 Å². The van der Waals surface area contributed by atoms with Crippen LogP contribution in [0.1, 0.15) is 111 Å². The number of amides is 5. The van der Waals surface area contributed by atoms with Gasteiger partial charge in [-0.25, -0.2) is 4.79 Å². The Morgan fingerprint density at radius 1 is 0.818 bits per heavy atom. The van der Waals surface area contributed by atoms with Gasteiger partial charge in [0.05, 0.1) is 6.54 Å². The molecule has 0 bridgehead atoms. The zero-order valence-electron chi connectivity index (χ0n) is 27.4. The highest BCUT2D eigenvalue weighted by Crippen LogP contribution is 2.21. The summed E-state index contributed by atoms with van der Waals surface area (Å²) in [6.07, 6.45) is 13.0. The van der Waals surface area contributed by atoms with E-state index in [2.05, 4.69) is 41.0 Å². The van der Waals surface area contributed by atoms with E-state index in [1.54, 1.807) is 0 Å². The first-order valence-corrected chi connectivity index (χ1v) is 18.8. The zero-order chi connectivity index (χ0) is 32.7. The third kappa shape index (κ3) is 13.6. The standard InChI is InChI=1S/C23H37N5O5.C5H10OS.C4H10/c1-14(2)19(27-23(33)26-15-7-4-3-5-8-15)22(32)28-12-6-9-17(28)20(30)24-13-18(29)21(31)25-16-10-11-16;1-7(6)4-2-3-5-7;1-3-4-2/h14-17,19H,3-13H2,1-2H3,(H,24,30)(H,25,31)(H2,26,27,33);1-5H2;3-4H2,1-2H3. The van der Waals surface area contributed by atoms with Crippen LogP contribution in [0.2, 0.25) is 0 Å². The van der Waals surface area contributed by atoms with Crippen molar-refractivity contribution < 1.29 is 28.2 Å². The van der Waals surface area contributed by atoms with Crippen LogP contribution < -0.4 is 21.3 Å². The van der Waals surface area contributed by atoms with Gasteiger partial charge in [-0.2, -0.15) is 0 Å². The minimum absolute atomic E-state index is 0.0656. The lowest BCUT2D eigenvalue weighted by atomic mass is 9.95. The fourth-order valence-corrected chi connectivity index (χ4v) is 6.97. The number of carbonyl (C=O) groups excluding carboxylic acids is 5. The molecule has 2 atom stereocenters. The Morgan fingerprint density at radius 2 is 1.41 bits per heavy atom. The number of Topliss-reactive ketones (excluding diaryl/α,β-unsaturated/α-hetero) is 1. The molecule has 0 aromatic heterocycles. The number of hydrogen-bond donors (Lipinski definition) is 4. The number of likely N-dealkylation sites (tertiary alicyclic amines) is 1. The van der Waals surface area contributed by atoms with Crippen LogP contribution in [0.5, 0.6) is 0 Å². The predicted octanol–water partition coefficient (Wildman–Crippen LogP) is 2.90. The van der Waals surface area contributed by atoms with Crippen LogP contribution >= 0.6 is 0 Å². The lowest BCUT2D eigenvalue weighted by molar-refractivity contribution is -0.141. The van der Waals surface area contributed by atoms with Crippen molar-refractivity contribution in [2.75, 3.05) is 24.6 Å². The molecule has 0 spiro atoms. The van der Waals surface area contributed by atoms with Crippen molar-refractivity contribution >= 4 is 44.9 Å². The molecule has 12 heteroatoms. The number of nitrogens with one attached hydrogen (secondary N) is 4. The van der Waals surface area contributed by atoms with Crippen molar-refractivity contribution in [3.05, 3.63) is 0 Å². The van der Waals surface area contributed by atoms with Crippen molar-refractivity contribution in [2.45, 2.75) is 135 Å². The summed E-state index contributed by atoms with van der Waals surface area (Å²) in [5.74, 6) is 3.02. The van der Waals surface area contributed by atoms with Crippen LogP contribution in [0.3, 0.4) is 0 Å². The van der Waals surface area contributed by atoms with Crippen molar-refractivity contribution in [3.63, 3.8) is 0 Å². The summed E-state index contributed by atoms with van der Waals surface area (Å²) < 4.78 is 10.9. The molecular formula is C32H57N5O6S. The highest BCUT2D eigenvalue weighted by atomic mass is 32.2. The first-order chi connectivity index (χ1) is 20.9. The van der Waals surface area contributed by atoms with Gasteiger partial charge in [0.1, 0.15) is 12.1 Å². The second-order valence-corrected chi connectivity index (χ2v) is 15.6. The quantitative estimate of drug-likeness (QED) is 0.213. The van der Waals surface area contributed by atoms with Gasteiger partial charge in [-0.3, -0.25) is 23.4 Å². The van der Waals surface area contributed by atoms with Crippen molar-refractivity contribution in [1.29, 1.82) is 0 Å². The molecule has 4 aliphatic rings. The SMILES string of the molecule is C=S1(=O)CCCC1.CC(C)C(NC(=O)NC1CCCCC1)C(=O)N1CCCC1C(=O)NCC(=O)C(=O)NC1CC1.CCCC. The second kappa shape index (κ2) is 19.0. The molecule has 252 valence electrons. The molecule has 0 aromatic rings. The normalized spacial score (nSPS) is 21.6. The van der Waals surface area contributed by atoms with E-state index in [0.717, 1.165) is 62.9 Å². The molecule has 2 unspecified atom stereocenters. The maximum Gasteiger partial charge on any atom is 0.315 e. The summed E-state index contributed by atoms with van der Waals surface area (Å²) in [6.45, 7) is 8.07. The first-order valence-electron chi connectivity index (χ1n) is 16.7. The highest BCUT2D eigenvalue weighted by molar-refractivity contribution is 8.00. The lowest BCUT2D eigenvalue weighted by Crippen LogP contribution is -2.57. The van der Waals surface area contributed by atoms with Crippen molar-refractivity contribution in [2.24, 2.45) is 5.92 Å². The number of urea groups is 1. The second-order valence-electron chi connectivity index (χ2n) is 12.8. The molecule has 2 aliphatic heterocycles. The minimum atomic E-state index is -1.55. The van der Waals surface area contributed by atoms with Crippen molar-refractivity contribution in [3.8, 4) is 0 Å². The Balaban J connectivity index is 0.000000517. The largest absolute Gasteiger partial charge is 0.347 e. The fraction of sp³-hybridized carbons (Fsp3) is 0.812. The Morgan fingerprint density at radius 3 is 1.91 bits per heavy atom. The van der Waals surface area contributed by atoms with Crippen LogP contribution in [-0.4, -0.2) is 93.3 Å². The van der Waals surface area contributed by atoms with Gasteiger partial charge in [-0.15, -0.1) is 0 Å². The summed E-state index contributed by atoms with van der Waals surface area (Å²) in [7, 11) is -1.55. The molecule has 11 nitrogen and oxygen atoms in total. The van der Waals surface area contributed by atoms with Gasteiger partial charge in [0, 0.05) is 30.1 Å². The number of nitrogens with zero attached hydrogens (tertiary/aromatic N) is 1. The van der Waals surface area contributed by atoms with Crippen LogP contribution in [0.15, 0.2) is 0 Å². The van der Waals surface area contributed by atoms with Gasteiger partial charge in [0.25, 0.3) is 5.91 Å². The maximum atomic E-state index is 13.3. The van der Waals surface area contributed by atoms with E-state index in [9.17, 15) is 28.2 Å². The van der Waals surface area contributed by atoms with Crippen LogP contribution in [0.25, 0.3) is 0 Å². The summed E-state index contributed by atoms with van der Waals surface area (Å²) >= 11 is 0. The van der Waals surface area contributed by atoms with Gasteiger partial charge >= 0.3 is 6.03 Å². The molecule has 2 saturated carbocycles. The Hall–Kier alpha value is -2.63. The summed E-state index contributed by atoms with van der Waals surface area (Å²) in [4.78, 5) is 63.8. The average Bonchev–Trinajstić information content (AvgIpc) is 3.50. The molecule has 2 saturated heterocycles. The van der Waals surface area contributed by atoms with Gasteiger partial charge in [0.15, 0.2) is 0 Å². The molecule has 0 aromatic carbocycles. The van der Waals surface area contributed by atoms with Crippen LogP contribution in [-0.2, 0) is 28.7 Å². The predicted molar refractivity (Wildman–Crippen MR) is 176 cm³/mol. The lowest BCUT2D eigenvalue weighted by Gasteiger charge is -2.31. The van der Waals surface area contributed by atoms with E-state index < -0.39 is 45.7 Å². The van der Waals surface area contributed by atoms with E-state index >= 15 is 0 Å². The number of ketones is 1. The van der Waals surface area contributed by atoms with E-state index in [1.165, 1.54) is 24.2 Å². The zero-order valence-corrected chi connectivity index (χ0v) is 28.2. The highest BCUT2D eigenvalue weighted by Gasteiger charge is 2.39. The first kappa shape index (κ1) is 37.6. The smallest absolute Gasteiger partial charge is 0.315 e. The van der Waals surface area contributed by atoms with Crippen LogP contribution in [0, 0.1) is 5.92 Å². The molecule has 44 heavy (non-hydrogen) atoms. The summed E-state index contributed by atoms with van der Waals surface area (Å²) in [6, 6.07) is -1.65. The van der Waals surface area contributed by atoms with E-state index in [1.807, 2.05) is 13.8 Å². The molecule has 4 N–H and O–H groups in total. The monoisotopic (exact) mass is 639 g/mol. The number of rotatable bonds is 10. The molecule has 2 aliphatic carbocycles. The van der Waals surface area contributed by atoms with Gasteiger partial charge in [-0.05, 0) is 72.7 Å². The number of unbranched alkanes of at least 4 members (excludes halogenated alkanes) is 1. The third-order valence-corrected chi connectivity index (χ3v) is 10.4. The number of hydrogen-bond acceptors (Lipinski definition) is 6. The third-order valence-electron chi connectivity index (χ3n) is 8.37. The Labute approximate surface area is 264 Å². The van der Waals surface area contributed by atoms with Gasteiger partial charge in [0.2, 0.25) is 17.6 Å². The molecule has 4 rings (SSSR count).